The number of carboxylic acids is 1. The lowest BCUT2D eigenvalue weighted by Gasteiger charge is -1.97. The quantitative estimate of drug-likeness (QED) is 0.511. The SMILES string of the molecule is O=C(O)c1ccc2c3c1N23. The first-order valence-corrected chi connectivity index (χ1v) is 3.01. The molecule has 3 aliphatic rings. The van der Waals surface area contributed by atoms with Crippen LogP contribution in [-0.4, -0.2) is 11.1 Å². The van der Waals surface area contributed by atoms with Crippen LogP contribution in [0.15, 0.2) is 12.1 Å². The molecule has 0 aromatic heterocycles. The standard InChI is InChI=1S/C7H3NO2/c9-7(10)3-1-2-4-6-5(3)8(4)6/h1-2H,(H,9,10). The molecular weight excluding hydrogens is 130 g/mol. The number of aromatic carboxylic acids is 1. The van der Waals surface area contributed by atoms with E-state index in [0.717, 1.165) is 11.4 Å². The van der Waals surface area contributed by atoms with Crippen molar-refractivity contribution in [1.29, 1.82) is 0 Å². The van der Waals surface area contributed by atoms with Crippen molar-refractivity contribution in [2.24, 2.45) is 0 Å². The number of nitrogens with zero attached hydrogens (tertiary/aromatic N) is 1. The maximum absolute atomic E-state index is 10.4. The fourth-order valence-electron chi connectivity index (χ4n) is 1.35. The van der Waals surface area contributed by atoms with E-state index in [0.29, 0.717) is 5.56 Å². The van der Waals surface area contributed by atoms with Crippen molar-refractivity contribution in [2.45, 2.75) is 0 Å². The van der Waals surface area contributed by atoms with Gasteiger partial charge in [0.15, 0.2) is 0 Å². The Balaban J connectivity index is 2.29. The summed E-state index contributed by atoms with van der Waals surface area (Å²) in [5.41, 5.74) is 3.69. The van der Waals surface area contributed by atoms with Gasteiger partial charge in [0, 0.05) is 0 Å². The van der Waals surface area contributed by atoms with Gasteiger partial charge in [-0.25, -0.2) is 4.79 Å². The molecule has 0 spiro atoms. The third kappa shape index (κ3) is 0.259. The van der Waals surface area contributed by atoms with Crippen LogP contribution in [-0.2, 0) is 0 Å². The molecule has 1 aromatic rings. The Morgan fingerprint density at radius 3 is 2.50 bits per heavy atom. The van der Waals surface area contributed by atoms with E-state index in [-0.39, 0.29) is 0 Å². The first-order valence-electron chi connectivity index (χ1n) is 3.01. The van der Waals surface area contributed by atoms with Crippen molar-refractivity contribution in [2.75, 3.05) is 4.90 Å². The number of carboxylic acid groups (broad SMARTS) is 1. The summed E-state index contributed by atoms with van der Waals surface area (Å²) in [5.74, 6) is -0.829. The molecule has 1 aromatic carbocycles. The van der Waals surface area contributed by atoms with Gasteiger partial charge in [0.2, 0.25) is 0 Å². The zero-order valence-corrected chi connectivity index (χ0v) is 4.96. The highest BCUT2D eigenvalue weighted by Gasteiger charge is 2.53. The van der Waals surface area contributed by atoms with E-state index in [4.69, 9.17) is 5.11 Å². The predicted molar refractivity (Wildman–Crippen MR) is 35.2 cm³/mol. The number of carbonyl (C=O) groups is 1. The summed E-state index contributed by atoms with van der Waals surface area (Å²) in [6.07, 6.45) is 0. The summed E-state index contributed by atoms with van der Waals surface area (Å²) in [6.45, 7) is 0. The Kier molecular flexibility index (Phi) is 0.399. The second-order valence-corrected chi connectivity index (χ2v) is 2.47. The maximum Gasteiger partial charge on any atom is 0.337 e. The smallest absolute Gasteiger partial charge is 0.337 e. The third-order valence-corrected chi connectivity index (χ3v) is 1.95. The Labute approximate surface area is 56.5 Å². The van der Waals surface area contributed by atoms with Gasteiger partial charge >= 0.3 is 5.97 Å². The van der Waals surface area contributed by atoms with Crippen LogP contribution < -0.4 is 4.90 Å². The molecule has 0 amide bonds. The summed E-state index contributed by atoms with van der Waals surface area (Å²) in [6, 6.07) is 3.49. The first kappa shape index (κ1) is 4.33. The highest BCUT2D eigenvalue weighted by molar-refractivity contribution is 6.29. The molecule has 0 aliphatic carbocycles. The van der Waals surface area contributed by atoms with Crippen LogP contribution >= 0.6 is 0 Å². The van der Waals surface area contributed by atoms with Gasteiger partial charge < -0.3 is 10.0 Å². The van der Waals surface area contributed by atoms with E-state index in [1.807, 2.05) is 11.0 Å². The molecule has 4 rings (SSSR count). The minimum absolute atomic E-state index is 0.435. The van der Waals surface area contributed by atoms with Crippen LogP contribution in [0.3, 0.4) is 0 Å². The highest BCUT2D eigenvalue weighted by atomic mass is 16.4. The van der Waals surface area contributed by atoms with E-state index in [1.54, 1.807) is 6.07 Å². The average Bonchev–Trinajstić information content (AvgIpc) is 2.74. The Morgan fingerprint density at radius 2 is 2.10 bits per heavy atom. The van der Waals surface area contributed by atoms with E-state index in [2.05, 4.69) is 0 Å². The van der Waals surface area contributed by atoms with Gasteiger partial charge in [0.25, 0.3) is 0 Å². The van der Waals surface area contributed by atoms with Crippen molar-refractivity contribution < 1.29 is 9.90 Å². The first-order chi connectivity index (χ1) is 4.80. The molecule has 10 heavy (non-hydrogen) atoms. The summed E-state index contributed by atoms with van der Waals surface area (Å²) in [4.78, 5) is 12.4. The predicted octanol–water partition coefficient (Wildman–Crippen LogP) is 1.48. The van der Waals surface area contributed by atoms with Crippen molar-refractivity contribution in [3.05, 3.63) is 17.7 Å². The largest absolute Gasteiger partial charge is 0.478 e. The second-order valence-electron chi connectivity index (χ2n) is 2.47. The van der Waals surface area contributed by atoms with Gasteiger partial charge in [-0.05, 0) is 12.1 Å². The average molecular weight is 133 g/mol. The van der Waals surface area contributed by atoms with Crippen LogP contribution in [0.5, 0.6) is 0 Å². The molecule has 3 aliphatic heterocycles. The fraction of sp³-hybridized carbons (Fsp3) is 0. The van der Waals surface area contributed by atoms with E-state index in [9.17, 15) is 4.79 Å². The van der Waals surface area contributed by atoms with E-state index >= 15 is 0 Å². The minimum Gasteiger partial charge on any atom is -0.478 e. The van der Waals surface area contributed by atoms with Gasteiger partial charge in [-0.2, -0.15) is 0 Å². The zero-order chi connectivity index (χ0) is 6.88. The van der Waals surface area contributed by atoms with Gasteiger partial charge in [-0.15, -0.1) is 0 Å². The lowest BCUT2D eigenvalue weighted by molar-refractivity contribution is 0.0698. The number of rotatable bonds is 1. The zero-order valence-electron chi connectivity index (χ0n) is 4.96. The summed E-state index contributed by atoms with van der Waals surface area (Å²) in [7, 11) is 0. The highest BCUT2D eigenvalue weighted by Crippen LogP contribution is 2.75. The number of anilines is 3. The van der Waals surface area contributed by atoms with E-state index < -0.39 is 5.97 Å². The van der Waals surface area contributed by atoms with Crippen LogP contribution in [0.2, 0.25) is 0 Å². The van der Waals surface area contributed by atoms with Crippen molar-refractivity contribution in [3.8, 4) is 0 Å². The molecule has 0 fully saturated rings. The molecule has 0 saturated carbocycles. The lowest BCUT2D eigenvalue weighted by atomic mass is 10.2. The molecule has 0 atom stereocenters. The number of benzene rings is 1. The number of hydrogen-bond donors (Lipinski definition) is 1. The Hall–Kier alpha value is -1.51. The van der Waals surface area contributed by atoms with Crippen LogP contribution in [0, 0.1) is 0 Å². The van der Waals surface area contributed by atoms with Crippen LogP contribution in [0.1, 0.15) is 10.4 Å². The Bertz CT molecular complexity index is 370. The molecule has 0 saturated heterocycles. The summed E-state index contributed by atoms with van der Waals surface area (Å²) >= 11 is 0. The van der Waals surface area contributed by atoms with Crippen molar-refractivity contribution in [3.63, 3.8) is 0 Å². The molecule has 0 unspecified atom stereocenters. The molecule has 1 N–H and O–H groups in total. The van der Waals surface area contributed by atoms with Crippen LogP contribution in [0.25, 0.3) is 0 Å². The van der Waals surface area contributed by atoms with Gasteiger partial charge in [0.05, 0.1) is 22.6 Å². The topological polar surface area (TPSA) is 40.3 Å². The van der Waals surface area contributed by atoms with E-state index in [1.165, 1.54) is 5.69 Å². The number of hydrogen-bond acceptors (Lipinski definition) is 2. The fourth-order valence-corrected chi connectivity index (χ4v) is 1.35. The lowest BCUT2D eigenvalue weighted by Crippen LogP contribution is -1.97. The Morgan fingerprint density at radius 1 is 1.40 bits per heavy atom. The molecular formula is C7H3NO2. The molecule has 2 bridgehead atoms. The molecule has 3 nitrogen and oxygen atoms in total. The van der Waals surface area contributed by atoms with Crippen LogP contribution in [0.4, 0.5) is 17.1 Å². The van der Waals surface area contributed by atoms with Crippen molar-refractivity contribution in [1.82, 2.24) is 0 Å². The summed E-state index contributed by atoms with van der Waals surface area (Å²) < 4.78 is 0. The molecule has 3 heterocycles. The maximum atomic E-state index is 10.4. The molecule has 3 heteroatoms. The normalized spacial score (nSPS) is 14.6. The monoisotopic (exact) mass is 133 g/mol. The van der Waals surface area contributed by atoms with Gasteiger partial charge in [-0.1, -0.05) is 0 Å². The number of fused-ring (bicyclic) bond motifs is 2. The second kappa shape index (κ2) is 0.923. The van der Waals surface area contributed by atoms with Gasteiger partial charge in [-0.3, -0.25) is 0 Å². The van der Waals surface area contributed by atoms with Crippen molar-refractivity contribution >= 4 is 23.0 Å². The van der Waals surface area contributed by atoms with Gasteiger partial charge in [0.1, 0.15) is 0 Å². The third-order valence-electron chi connectivity index (χ3n) is 1.95. The minimum atomic E-state index is -0.829. The molecule has 48 valence electrons. The summed E-state index contributed by atoms with van der Waals surface area (Å²) in [5, 5.41) is 8.59. The molecule has 0 radical (unpaired) electrons.